The molecule has 1 aromatic heterocycles. The number of nitrogen functional groups attached to an aromatic ring is 1. The van der Waals surface area contributed by atoms with Gasteiger partial charge in [0.05, 0.1) is 11.7 Å². The van der Waals surface area contributed by atoms with Crippen LogP contribution in [0.5, 0.6) is 0 Å². The molecule has 1 unspecified atom stereocenters. The predicted octanol–water partition coefficient (Wildman–Crippen LogP) is 2.13. The zero-order valence-electron chi connectivity index (χ0n) is 8.33. The standard InChI is InChI=1S/C10H17N3/c1-7-5-10(11)13(12-7)8(2)6-9-3-4-9/h5,8-9H,3-4,6,11H2,1-2H3. The second-order valence-corrected chi connectivity index (χ2v) is 4.18. The molecule has 2 rings (SSSR count). The molecule has 3 heteroatoms. The van der Waals surface area contributed by atoms with Crippen LogP contribution in [0, 0.1) is 12.8 Å². The minimum atomic E-state index is 0.459. The maximum absolute atomic E-state index is 5.84. The van der Waals surface area contributed by atoms with E-state index in [9.17, 15) is 0 Å². The maximum Gasteiger partial charge on any atom is 0.122 e. The van der Waals surface area contributed by atoms with Crippen molar-refractivity contribution >= 4 is 5.82 Å². The summed E-state index contributed by atoms with van der Waals surface area (Å²) in [5.74, 6) is 1.73. The van der Waals surface area contributed by atoms with Crippen LogP contribution in [0.3, 0.4) is 0 Å². The fourth-order valence-electron chi connectivity index (χ4n) is 1.83. The van der Waals surface area contributed by atoms with Crippen molar-refractivity contribution in [2.45, 2.75) is 39.2 Å². The van der Waals surface area contributed by atoms with E-state index in [4.69, 9.17) is 5.73 Å². The first-order valence-electron chi connectivity index (χ1n) is 4.98. The largest absolute Gasteiger partial charge is 0.384 e. The van der Waals surface area contributed by atoms with Gasteiger partial charge in [0.1, 0.15) is 5.82 Å². The minimum Gasteiger partial charge on any atom is -0.384 e. The Kier molecular flexibility index (Phi) is 2.02. The molecule has 1 saturated carbocycles. The van der Waals surface area contributed by atoms with Gasteiger partial charge in [-0.3, -0.25) is 0 Å². The van der Waals surface area contributed by atoms with Crippen molar-refractivity contribution in [3.05, 3.63) is 11.8 Å². The highest BCUT2D eigenvalue weighted by atomic mass is 15.3. The quantitative estimate of drug-likeness (QED) is 0.772. The van der Waals surface area contributed by atoms with Crippen LogP contribution < -0.4 is 5.73 Å². The smallest absolute Gasteiger partial charge is 0.122 e. The van der Waals surface area contributed by atoms with Gasteiger partial charge in [-0.1, -0.05) is 12.8 Å². The first-order valence-corrected chi connectivity index (χ1v) is 4.98. The average Bonchev–Trinajstić information content (AvgIpc) is 2.77. The van der Waals surface area contributed by atoms with Gasteiger partial charge in [-0.2, -0.15) is 5.10 Å². The van der Waals surface area contributed by atoms with Gasteiger partial charge >= 0.3 is 0 Å². The van der Waals surface area contributed by atoms with E-state index in [-0.39, 0.29) is 0 Å². The molecule has 13 heavy (non-hydrogen) atoms. The molecule has 0 radical (unpaired) electrons. The number of aromatic nitrogens is 2. The summed E-state index contributed by atoms with van der Waals surface area (Å²) in [5, 5.41) is 4.38. The second-order valence-electron chi connectivity index (χ2n) is 4.18. The summed E-state index contributed by atoms with van der Waals surface area (Å²) in [5.41, 5.74) is 6.85. The van der Waals surface area contributed by atoms with E-state index in [0.29, 0.717) is 6.04 Å². The van der Waals surface area contributed by atoms with Gasteiger partial charge in [0, 0.05) is 6.07 Å². The molecule has 0 bridgehead atoms. The van der Waals surface area contributed by atoms with Crippen LogP contribution >= 0.6 is 0 Å². The van der Waals surface area contributed by atoms with Crippen molar-refractivity contribution in [1.82, 2.24) is 9.78 Å². The van der Waals surface area contributed by atoms with Crippen LogP contribution in [-0.4, -0.2) is 9.78 Å². The monoisotopic (exact) mass is 179 g/mol. The molecule has 3 nitrogen and oxygen atoms in total. The van der Waals surface area contributed by atoms with Crippen LogP contribution in [-0.2, 0) is 0 Å². The summed E-state index contributed by atoms with van der Waals surface area (Å²) in [4.78, 5) is 0. The minimum absolute atomic E-state index is 0.459. The Balaban J connectivity index is 2.08. The molecule has 1 fully saturated rings. The Labute approximate surface area is 78.9 Å². The van der Waals surface area contributed by atoms with E-state index in [0.717, 1.165) is 17.4 Å². The third kappa shape index (κ3) is 1.85. The lowest BCUT2D eigenvalue weighted by molar-refractivity contribution is 0.440. The molecular formula is C10H17N3. The fraction of sp³-hybridized carbons (Fsp3) is 0.700. The highest BCUT2D eigenvalue weighted by Gasteiger charge is 2.25. The van der Waals surface area contributed by atoms with Crippen LogP contribution in [0.25, 0.3) is 0 Å². The zero-order chi connectivity index (χ0) is 9.42. The van der Waals surface area contributed by atoms with Gasteiger partial charge in [0.2, 0.25) is 0 Å². The molecule has 72 valence electrons. The van der Waals surface area contributed by atoms with E-state index in [2.05, 4.69) is 12.0 Å². The molecule has 1 atom stereocenters. The Hall–Kier alpha value is -0.990. The Morgan fingerprint density at radius 1 is 1.69 bits per heavy atom. The highest BCUT2D eigenvalue weighted by molar-refractivity contribution is 5.30. The SMILES string of the molecule is Cc1cc(N)n(C(C)CC2CC2)n1. The van der Waals surface area contributed by atoms with Crippen LogP contribution in [0.4, 0.5) is 5.82 Å². The first-order chi connectivity index (χ1) is 6.16. The summed E-state index contributed by atoms with van der Waals surface area (Å²) in [6.45, 7) is 4.18. The van der Waals surface area contributed by atoms with Crippen molar-refractivity contribution < 1.29 is 0 Å². The number of hydrogen-bond acceptors (Lipinski definition) is 2. The molecule has 1 aliphatic rings. The lowest BCUT2D eigenvalue weighted by Gasteiger charge is -2.12. The van der Waals surface area contributed by atoms with Crippen LogP contribution in [0.15, 0.2) is 6.07 Å². The normalized spacial score (nSPS) is 18.9. The fourth-order valence-corrected chi connectivity index (χ4v) is 1.83. The molecular weight excluding hydrogens is 162 g/mol. The molecule has 1 heterocycles. The summed E-state index contributed by atoms with van der Waals surface area (Å²) in [6.07, 6.45) is 4.01. The number of nitrogens with two attached hydrogens (primary N) is 1. The van der Waals surface area contributed by atoms with E-state index in [1.807, 2.05) is 17.7 Å². The third-order valence-electron chi connectivity index (χ3n) is 2.68. The molecule has 0 aliphatic heterocycles. The zero-order valence-corrected chi connectivity index (χ0v) is 8.33. The van der Waals surface area contributed by atoms with Gasteiger partial charge in [0.15, 0.2) is 0 Å². The number of anilines is 1. The van der Waals surface area contributed by atoms with E-state index >= 15 is 0 Å². The summed E-state index contributed by atoms with van der Waals surface area (Å²) in [7, 11) is 0. The van der Waals surface area contributed by atoms with Gasteiger partial charge in [-0.15, -0.1) is 0 Å². The number of rotatable bonds is 3. The van der Waals surface area contributed by atoms with Crippen molar-refractivity contribution in [3.63, 3.8) is 0 Å². The second kappa shape index (κ2) is 3.05. The summed E-state index contributed by atoms with van der Waals surface area (Å²) in [6, 6.07) is 2.39. The molecule has 0 saturated heterocycles. The molecule has 0 aromatic carbocycles. The van der Waals surface area contributed by atoms with E-state index in [1.165, 1.54) is 19.3 Å². The molecule has 0 amide bonds. The van der Waals surface area contributed by atoms with Gasteiger partial charge in [-0.25, -0.2) is 4.68 Å². The Bertz CT molecular complexity index is 299. The molecule has 2 N–H and O–H groups in total. The maximum atomic E-state index is 5.84. The number of hydrogen-bond donors (Lipinski definition) is 1. The average molecular weight is 179 g/mol. The highest BCUT2D eigenvalue weighted by Crippen LogP contribution is 2.37. The summed E-state index contributed by atoms with van der Waals surface area (Å²) < 4.78 is 1.95. The number of aryl methyl sites for hydroxylation is 1. The van der Waals surface area contributed by atoms with Crippen molar-refractivity contribution in [1.29, 1.82) is 0 Å². The van der Waals surface area contributed by atoms with Crippen LogP contribution in [0.1, 0.15) is 37.9 Å². The van der Waals surface area contributed by atoms with Gasteiger partial charge in [0.25, 0.3) is 0 Å². The van der Waals surface area contributed by atoms with Crippen LogP contribution in [0.2, 0.25) is 0 Å². The lowest BCUT2D eigenvalue weighted by atomic mass is 10.2. The first kappa shape index (κ1) is 8.60. The van der Waals surface area contributed by atoms with Crippen molar-refractivity contribution in [2.75, 3.05) is 5.73 Å². The van der Waals surface area contributed by atoms with Crippen molar-refractivity contribution in [3.8, 4) is 0 Å². The molecule has 1 aliphatic carbocycles. The third-order valence-corrected chi connectivity index (χ3v) is 2.68. The Morgan fingerprint density at radius 2 is 2.38 bits per heavy atom. The van der Waals surface area contributed by atoms with E-state index in [1.54, 1.807) is 0 Å². The van der Waals surface area contributed by atoms with E-state index < -0.39 is 0 Å². The predicted molar refractivity (Wildman–Crippen MR) is 53.4 cm³/mol. The van der Waals surface area contributed by atoms with Gasteiger partial charge < -0.3 is 5.73 Å². The number of nitrogens with zero attached hydrogens (tertiary/aromatic N) is 2. The lowest BCUT2D eigenvalue weighted by Crippen LogP contribution is -2.10. The van der Waals surface area contributed by atoms with Gasteiger partial charge in [-0.05, 0) is 26.2 Å². The molecule has 1 aromatic rings. The topological polar surface area (TPSA) is 43.8 Å². The molecule has 0 spiro atoms. The summed E-state index contributed by atoms with van der Waals surface area (Å²) >= 11 is 0. The Morgan fingerprint density at radius 3 is 2.85 bits per heavy atom. The van der Waals surface area contributed by atoms with Crippen molar-refractivity contribution in [2.24, 2.45) is 5.92 Å².